The Labute approximate surface area is 97.2 Å². The van der Waals surface area contributed by atoms with Gasteiger partial charge in [0.1, 0.15) is 0 Å². The van der Waals surface area contributed by atoms with Gasteiger partial charge < -0.3 is 10.6 Å². The first kappa shape index (κ1) is 12.6. The first-order valence-corrected chi connectivity index (χ1v) is 5.34. The van der Waals surface area contributed by atoms with E-state index >= 15 is 0 Å². The topological polar surface area (TPSA) is 46.3 Å². The maximum absolute atomic E-state index is 11.8. The molecule has 3 nitrogen and oxygen atoms in total. The van der Waals surface area contributed by atoms with Crippen LogP contribution < -0.4 is 5.73 Å². The number of hydrogen-bond donors (Lipinski definition) is 1. The molecule has 0 aliphatic heterocycles. The van der Waals surface area contributed by atoms with Gasteiger partial charge in [-0.25, -0.2) is 0 Å². The summed E-state index contributed by atoms with van der Waals surface area (Å²) in [7, 11) is 3.48. The molecule has 0 spiro atoms. The molecule has 0 bridgehead atoms. The van der Waals surface area contributed by atoms with Crippen LogP contribution in [0.25, 0.3) is 0 Å². The van der Waals surface area contributed by atoms with Gasteiger partial charge in [0, 0.05) is 25.3 Å². The minimum atomic E-state index is -0.0159. The van der Waals surface area contributed by atoms with E-state index in [4.69, 9.17) is 5.73 Å². The van der Waals surface area contributed by atoms with E-state index in [0.29, 0.717) is 11.3 Å². The maximum Gasteiger partial charge on any atom is 0.253 e. The largest absolute Gasteiger partial charge is 0.399 e. The third kappa shape index (κ3) is 2.75. The molecule has 0 saturated carbocycles. The van der Waals surface area contributed by atoms with Crippen LogP contribution in [0.3, 0.4) is 0 Å². The zero-order valence-electron chi connectivity index (χ0n) is 10.7. The van der Waals surface area contributed by atoms with Gasteiger partial charge in [-0.2, -0.15) is 0 Å². The Morgan fingerprint density at radius 1 is 1.19 bits per heavy atom. The Morgan fingerprint density at radius 2 is 1.75 bits per heavy atom. The Hall–Kier alpha value is -1.51. The van der Waals surface area contributed by atoms with E-state index in [-0.39, 0.29) is 11.3 Å². The predicted octanol–water partition coefficient (Wildman–Crippen LogP) is 2.27. The molecule has 0 saturated heterocycles. The van der Waals surface area contributed by atoms with Crippen LogP contribution in [0.2, 0.25) is 0 Å². The molecular weight excluding hydrogens is 200 g/mol. The summed E-state index contributed by atoms with van der Waals surface area (Å²) in [4.78, 5) is 13.4. The lowest BCUT2D eigenvalue weighted by Gasteiger charge is -2.21. The Balaban J connectivity index is 3.24. The Kier molecular flexibility index (Phi) is 3.27. The number of nitrogens with two attached hydrogens (primary N) is 1. The fourth-order valence-electron chi connectivity index (χ4n) is 1.47. The van der Waals surface area contributed by atoms with Gasteiger partial charge in [-0.15, -0.1) is 0 Å². The molecule has 0 radical (unpaired) electrons. The van der Waals surface area contributed by atoms with Gasteiger partial charge in [-0.05, 0) is 29.2 Å². The van der Waals surface area contributed by atoms with Crippen molar-refractivity contribution < 1.29 is 4.79 Å². The van der Waals surface area contributed by atoms with E-state index in [0.717, 1.165) is 5.56 Å². The van der Waals surface area contributed by atoms with Crippen LogP contribution in [-0.2, 0) is 5.41 Å². The summed E-state index contributed by atoms with van der Waals surface area (Å²) in [6, 6.07) is 5.56. The highest BCUT2D eigenvalue weighted by Gasteiger charge is 2.17. The van der Waals surface area contributed by atoms with Crippen molar-refractivity contribution in [2.75, 3.05) is 19.8 Å². The van der Waals surface area contributed by atoms with Gasteiger partial charge in [-0.3, -0.25) is 4.79 Å². The fourth-order valence-corrected chi connectivity index (χ4v) is 1.47. The third-order valence-electron chi connectivity index (χ3n) is 2.47. The van der Waals surface area contributed by atoms with E-state index in [9.17, 15) is 4.79 Å². The lowest BCUT2D eigenvalue weighted by Crippen LogP contribution is -2.23. The summed E-state index contributed by atoms with van der Waals surface area (Å²) in [5, 5.41) is 0. The molecule has 1 amide bonds. The van der Waals surface area contributed by atoms with Crippen LogP contribution in [0.15, 0.2) is 18.2 Å². The summed E-state index contributed by atoms with van der Waals surface area (Å²) in [5.74, 6) is -0.0159. The molecule has 0 unspecified atom stereocenters. The summed E-state index contributed by atoms with van der Waals surface area (Å²) in [6.45, 7) is 6.31. The molecule has 88 valence electrons. The number of carbonyl (C=O) groups is 1. The van der Waals surface area contributed by atoms with Crippen LogP contribution in [0, 0.1) is 0 Å². The van der Waals surface area contributed by atoms with Gasteiger partial charge in [-0.1, -0.05) is 20.8 Å². The molecule has 1 aromatic rings. The van der Waals surface area contributed by atoms with Crippen LogP contribution >= 0.6 is 0 Å². The minimum absolute atomic E-state index is 0.00325. The molecule has 0 aromatic heterocycles. The average molecular weight is 220 g/mol. The number of benzene rings is 1. The number of carbonyl (C=O) groups excluding carboxylic acids is 1. The molecule has 0 atom stereocenters. The van der Waals surface area contributed by atoms with Gasteiger partial charge in [0.15, 0.2) is 0 Å². The Morgan fingerprint density at radius 3 is 2.19 bits per heavy atom. The molecule has 1 aromatic carbocycles. The number of amides is 1. The van der Waals surface area contributed by atoms with Gasteiger partial charge in [0.25, 0.3) is 5.91 Å². The highest BCUT2D eigenvalue weighted by Crippen LogP contribution is 2.25. The second-order valence-corrected chi connectivity index (χ2v) is 5.29. The molecule has 0 heterocycles. The number of nitrogen functional groups attached to an aromatic ring is 1. The zero-order valence-corrected chi connectivity index (χ0v) is 10.7. The molecule has 0 fully saturated rings. The Bertz CT molecular complexity index is 403. The van der Waals surface area contributed by atoms with Crippen molar-refractivity contribution in [2.45, 2.75) is 26.2 Å². The van der Waals surface area contributed by atoms with Crippen molar-refractivity contribution in [1.29, 1.82) is 0 Å². The molecule has 0 aliphatic rings. The quantitative estimate of drug-likeness (QED) is 0.738. The third-order valence-corrected chi connectivity index (χ3v) is 2.47. The van der Waals surface area contributed by atoms with Crippen LogP contribution in [-0.4, -0.2) is 24.9 Å². The predicted molar refractivity (Wildman–Crippen MR) is 67.6 cm³/mol. The second-order valence-electron chi connectivity index (χ2n) is 5.29. The van der Waals surface area contributed by atoms with Crippen molar-refractivity contribution in [1.82, 2.24) is 4.90 Å². The zero-order chi connectivity index (χ0) is 12.5. The van der Waals surface area contributed by atoms with Gasteiger partial charge in [0.2, 0.25) is 0 Å². The van der Waals surface area contributed by atoms with E-state index in [1.165, 1.54) is 0 Å². The van der Waals surface area contributed by atoms with Gasteiger partial charge in [0.05, 0.1) is 0 Å². The minimum Gasteiger partial charge on any atom is -0.399 e. The summed E-state index contributed by atoms with van der Waals surface area (Å²) in [5.41, 5.74) is 8.19. The molecular formula is C13H20N2O. The molecule has 1 rings (SSSR count). The lowest BCUT2D eigenvalue weighted by molar-refractivity contribution is 0.0827. The smallest absolute Gasteiger partial charge is 0.253 e. The average Bonchev–Trinajstić information content (AvgIpc) is 2.14. The van der Waals surface area contributed by atoms with E-state index < -0.39 is 0 Å². The number of rotatable bonds is 1. The van der Waals surface area contributed by atoms with Crippen LogP contribution in [0.5, 0.6) is 0 Å². The van der Waals surface area contributed by atoms with Crippen molar-refractivity contribution in [2.24, 2.45) is 0 Å². The van der Waals surface area contributed by atoms with Gasteiger partial charge >= 0.3 is 0 Å². The normalized spacial score (nSPS) is 11.3. The van der Waals surface area contributed by atoms with Crippen LogP contribution in [0.4, 0.5) is 5.69 Å². The second kappa shape index (κ2) is 4.16. The van der Waals surface area contributed by atoms with Crippen molar-refractivity contribution in [3.63, 3.8) is 0 Å². The lowest BCUT2D eigenvalue weighted by atomic mass is 9.85. The maximum atomic E-state index is 11.8. The van der Waals surface area contributed by atoms with E-state index in [2.05, 4.69) is 20.8 Å². The van der Waals surface area contributed by atoms with Crippen molar-refractivity contribution >= 4 is 11.6 Å². The van der Waals surface area contributed by atoms with Crippen LogP contribution in [0.1, 0.15) is 36.7 Å². The summed E-state index contributed by atoms with van der Waals surface area (Å²) >= 11 is 0. The molecule has 0 aliphatic carbocycles. The van der Waals surface area contributed by atoms with E-state index in [1.807, 2.05) is 12.1 Å². The van der Waals surface area contributed by atoms with Crippen molar-refractivity contribution in [3.8, 4) is 0 Å². The monoisotopic (exact) mass is 220 g/mol. The SMILES string of the molecule is CN(C)C(=O)c1cc(N)cc(C(C)(C)C)c1. The standard InChI is InChI=1S/C13H20N2O/c1-13(2,3)10-6-9(7-11(14)8-10)12(16)15(4)5/h6-8H,14H2,1-5H3. The number of hydrogen-bond acceptors (Lipinski definition) is 2. The summed E-state index contributed by atoms with van der Waals surface area (Å²) in [6.07, 6.45) is 0. The number of nitrogens with zero attached hydrogens (tertiary/aromatic N) is 1. The number of anilines is 1. The highest BCUT2D eigenvalue weighted by atomic mass is 16.2. The first-order valence-electron chi connectivity index (χ1n) is 5.34. The fraction of sp³-hybridized carbons (Fsp3) is 0.462. The van der Waals surface area contributed by atoms with E-state index in [1.54, 1.807) is 25.1 Å². The first-order chi connectivity index (χ1) is 7.21. The summed E-state index contributed by atoms with van der Waals surface area (Å²) < 4.78 is 0. The van der Waals surface area contributed by atoms with Crippen molar-refractivity contribution in [3.05, 3.63) is 29.3 Å². The molecule has 16 heavy (non-hydrogen) atoms. The molecule has 2 N–H and O–H groups in total. The highest BCUT2D eigenvalue weighted by molar-refractivity contribution is 5.95. The molecule has 3 heteroatoms.